The Morgan fingerprint density at radius 1 is 0.662 bits per heavy atom. The highest BCUT2D eigenvalue weighted by Gasteiger charge is 2.32. The molecule has 0 bridgehead atoms. The summed E-state index contributed by atoms with van der Waals surface area (Å²) in [5.74, 6) is -0.915. The summed E-state index contributed by atoms with van der Waals surface area (Å²) < 4.78 is 18.3. The molecule has 376 valence electrons. The van der Waals surface area contributed by atoms with Crippen molar-refractivity contribution < 1.29 is 38.2 Å². The van der Waals surface area contributed by atoms with Gasteiger partial charge in [-0.25, -0.2) is 24.1 Å². The molecule has 0 radical (unpaired) electrons. The molecule has 5 amide bonds. The minimum absolute atomic E-state index is 0.0408. The Morgan fingerprint density at radius 3 is 1.66 bits per heavy atom. The summed E-state index contributed by atoms with van der Waals surface area (Å²) in [6.07, 6.45) is 5.70. The van der Waals surface area contributed by atoms with Crippen molar-refractivity contribution in [3.8, 4) is 16.9 Å². The normalized spacial score (nSPS) is 13.9. The minimum atomic E-state index is -0.804. The molecule has 68 heavy (non-hydrogen) atoms. The molecular weight excluding hydrogens is 935 g/mol. The van der Waals surface area contributed by atoms with Crippen molar-refractivity contribution in [3.63, 3.8) is 0 Å². The zero-order valence-electron chi connectivity index (χ0n) is 41.4. The molecule has 1 saturated carbocycles. The van der Waals surface area contributed by atoms with Gasteiger partial charge in [-0.1, -0.05) is 72.6 Å². The van der Waals surface area contributed by atoms with Crippen molar-refractivity contribution >= 4 is 64.9 Å². The number of halogens is 3. The zero-order chi connectivity index (χ0) is 50.4. The van der Waals surface area contributed by atoms with Gasteiger partial charge in [-0.2, -0.15) is 5.10 Å². The molecule has 3 aromatic rings. The van der Waals surface area contributed by atoms with E-state index in [-0.39, 0.29) is 51.5 Å². The fourth-order valence-electron chi connectivity index (χ4n) is 6.84. The van der Waals surface area contributed by atoms with Crippen LogP contribution in [0.5, 0.6) is 0 Å². The molecule has 5 rings (SSSR count). The first-order valence-electron chi connectivity index (χ1n) is 23.4. The van der Waals surface area contributed by atoms with E-state index < -0.39 is 46.9 Å². The van der Waals surface area contributed by atoms with Crippen molar-refractivity contribution in [1.82, 2.24) is 40.2 Å². The third-order valence-corrected chi connectivity index (χ3v) is 10.8. The van der Waals surface area contributed by atoms with E-state index >= 15 is 0 Å². The number of nitrogens with one attached hydrogen (secondary N) is 2. The van der Waals surface area contributed by atoms with E-state index in [0.29, 0.717) is 51.5 Å². The molecule has 0 spiro atoms. The highest BCUT2D eigenvalue weighted by molar-refractivity contribution is 6.35. The third-order valence-electron chi connectivity index (χ3n) is 10.0. The number of ether oxygens (including phenoxy) is 3. The second-order valence-corrected chi connectivity index (χ2v) is 21.1. The topological polar surface area (TPSA) is 168 Å². The van der Waals surface area contributed by atoms with Gasteiger partial charge in [0.15, 0.2) is 5.69 Å². The molecule has 1 saturated heterocycles. The lowest BCUT2D eigenvalue weighted by Crippen LogP contribution is -2.53. The Kier molecular flexibility index (Phi) is 20.7. The quantitative estimate of drug-likeness (QED) is 0.132. The largest absolute Gasteiger partial charge is 0.444 e. The first kappa shape index (κ1) is 55.8. The molecular formula is C49H71Cl3N8O8. The van der Waals surface area contributed by atoms with Crippen LogP contribution in [0.15, 0.2) is 42.5 Å². The first-order valence-corrected chi connectivity index (χ1v) is 24.5. The number of benzene rings is 2. The maximum Gasteiger partial charge on any atom is 0.410 e. The summed E-state index contributed by atoms with van der Waals surface area (Å²) in [7, 11) is 0. The molecule has 16 nitrogen and oxygen atoms in total. The van der Waals surface area contributed by atoms with E-state index in [1.165, 1.54) is 34.1 Å². The number of alkyl carbamates (subject to hydrolysis) is 1. The molecule has 0 atom stereocenters. The van der Waals surface area contributed by atoms with E-state index in [4.69, 9.17) is 54.1 Å². The van der Waals surface area contributed by atoms with Gasteiger partial charge >= 0.3 is 18.3 Å². The lowest BCUT2D eigenvalue weighted by molar-refractivity contribution is -0.126. The van der Waals surface area contributed by atoms with Gasteiger partial charge in [0, 0.05) is 73.5 Å². The van der Waals surface area contributed by atoms with Gasteiger partial charge in [0.05, 0.1) is 16.4 Å². The Labute approximate surface area is 417 Å². The van der Waals surface area contributed by atoms with Crippen molar-refractivity contribution in [2.45, 2.75) is 131 Å². The van der Waals surface area contributed by atoms with Gasteiger partial charge in [0.2, 0.25) is 5.91 Å². The molecule has 0 unspecified atom stereocenters. The molecule has 19 heteroatoms. The molecule has 2 aliphatic rings. The fourth-order valence-corrected chi connectivity index (χ4v) is 7.45. The van der Waals surface area contributed by atoms with E-state index in [1.807, 2.05) is 17.1 Å². The highest BCUT2D eigenvalue weighted by atomic mass is 35.5. The number of hydrogen-bond acceptors (Lipinski definition) is 10. The number of aromatic nitrogens is 2. The summed E-state index contributed by atoms with van der Waals surface area (Å²) in [4.78, 5) is 70.4. The van der Waals surface area contributed by atoms with E-state index in [9.17, 15) is 24.0 Å². The van der Waals surface area contributed by atoms with E-state index in [1.54, 1.807) is 104 Å². The lowest BCUT2D eigenvalue weighted by atomic mass is 10.1. The third kappa shape index (κ3) is 19.0. The van der Waals surface area contributed by atoms with Gasteiger partial charge in [-0.3, -0.25) is 14.6 Å². The van der Waals surface area contributed by atoms with Crippen LogP contribution in [0.1, 0.15) is 123 Å². The number of carbonyl (C=O) groups is 5. The Hall–Kier alpha value is -4.77. The average Bonchev–Trinajstić information content (AvgIpc) is 4.08. The maximum atomic E-state index is 14.7. The molecule has 2 N–H and O–H groups in total. The van der Waals surface area contributed by atoms with Gasteiger partial charge in [-0.15, -0.1) is 0 Å². The van der Waals surface area contributed by atoms with Crippen molar-refractivity contribution in [1.29, 1.82) is 0 Å². The minimum Gasteiger partial charge on any atom is -0.444 e. The Morgan fingerprint density at radius 2 is 1.16 bits per heavy atom. The highest BCUT2D eigenvalue weighted by Crippen LogP contribution is 2.34. The van der Waals surface area contributed by atoms with Crippen LogP contribution in [-0.2, 0) is 19.0 Å². The molecule has 1 aliphatic carbocycles. The number of nitrogens with zero attached hydrogens (tertiary/aromatic N) is 6. The summed E-state index contributed by atoms with van der Waals surface area (Å²) in [6, 6.07) is 12.2. The number of amides is 5. The van der Waals surface area contributed by atoms with Crippen LogP contribution in [0, 0.1) is 6.92 Å². The smallest absolute Gasteiger partial charge is 0.410 e. The average molecular weight is 1010 g/mol. The molecule has 2 aromatic carbocycles. The zero-order valence-corrected chi connectivity index (χ0v) is 43.7. The number of hydrazine groups is 1. The maximum absolute atomic E-state index is 14.7. The van der Waals surface area contributed by atoms with E-state index in [2.05, 4.69) is 10.6 Å². The first-order chi connectivity index (χ1) is 31.8. The standard InChI is InChI=1S/C46H65Cl3N8O8.C3H6/c1-31-38(52-57(36-20-19-34(48)29-35(36)49)39(31)32-15-17-33(47)18-16-32)40(59)56(55-25-12-11-13-26-55)30-37(58)50-21-27-53(42(61)64-45(5,6)7)23-14-24-54(43(62)65-46(8,9)10)28-22-51-41(60)63-44(2,3)4;1-2-3-1/h15-20,29H,11-14,21-28,30H2,1-10H3,(H,50,58)(H,51,60);1-3H2. The number of piperidine rings is 1. The second-order valence-electron chi connectivity index (χ2n) is 19.8. The Bertz CT molecular complexity index is 2170. The summed E-state index contributed by atoms with van der Waals surface area (Å²) in [6.45, 7) is 19.1. The fraction of sp³-hybridized carbons (Fsp3) is 0.592. The van der Waals surface area contributed by atoms with Crippen LogP contribution in [0.3, 0.4) is 0 Å². The Balaban J connectivity index is 0.00000323. The van der Waals surface area contributed by atoms with Gasteiger partial charge in [-0.05, 0) is 119 Å². The summed E-state index contributed by atoms with van der Waals surface area (Å²) >= 11 is 19.2. The molecule has 1 aromatic heterocycles. The van der Waals surface area contributed by atoms with Gasteiger partial charge in [0.25, 0.3) is 5.91 Å². The second kappa shape index (κ2) is 25.2. The summed E-state index contributed by atoms with van der Waals surface area (Å²) in [5.41, 5.74) is 0.315. The van der Waals surface area contributed by atoms with Gasteiger partial charge < -0.3 is 34.6 Å². The lowest BCUT2D eigenvalue weighted by Gasteiger charge is -2.36. The predicted molar refractivity (Wildman–Crippen MR) is 267 cm³/mol. The van der Waals surface area contributed by atoms with Crippen LogP contribution in [-0.4, -0.2) is 135 Å². The van der Waals surface area contributed by atoms with Crippen LogP contribution < -0.4 is 10.6 Å². The number of carbonyl (C=O) groups excluding carboxylic acids is 5. The van der Waals surface area contributed by atoms with Crippen LogP contribution >= 0.6 is 34.8 Å². The predicted octanol–water partition coefficient (Wildman–Crippen LogP) is 10.3. The van der Waals surface area contributed by atoms with Crippen molar-refractivity contribution in [2.24, 2.45) is 0 Å². The van der Waals surface area contributed by atoms with Crippen molar-refractivity contribution in [2.75, 3.05) is 58.9 Å². The number of hydrogen-bond donors (Lipinski definition) is 2. The monoisotopic (exact) mass is 1000 g/mol. The van der Waals surface area contributed by atoms with Gasteiger partial charge in [0.1, 0.15) is 23.3 Å². The summed E-state index contributed by atoms with van der Waals surface area (Å²) in [5, 5.41) is 15.0. The van der Waals surface area contributed by atoms with Crippen LogP contribution in [0.25, 0.3) is 16.9 Å². The molecule has 2 heterocycles. The van der Waals surface area contributed by atoms with Crippen LogP contribution in [0.4, 0.5) is 14.4 Å². The van der Waals surface area contributed by atoms with E-state index in [0.717, 1.165) is 24.8 Å². The molecule has 2 fully saturated rings. The molecule has 1 aliphatic heterocycles. The number of rotatable bonds is 16. The van der Waals surface area contributed by atoms with Crippen molar-refractivity contribution in [3.05, 3.63) is 68.8 Å². The van der Waals surface area contributed by atoms with Crippen LogP contribution in [0.2, 0.25) is 15.1 Å². The SMILES string of the molecule is C1CC1.Cc1c(C(=O)N(CC(=O)NCCN(CCCN(CCNC(=O)OC(C)(C)C)C(=O)OC(C)(C)C)C(=O)OC(C)(C)C)N2CCCCC2)nn(-c2ccc(Cl)cc2Cl)c1-c1ccc(Cl)cc1.